The van der Waals surface area contributed by atoms with Crippen molar-refractivity contribution in [3.8, 4) is 0 Å². The third kappa shape index (κ3) is 6.16. The molecule has 0 spiro atoms. The minimum absolute atomic E-state index is 0.0478. The van der Waals surface area contributed by atoms with Crippen LogP contribution in [0.4, 0.5) is 5.82 Å². The molecule has 2 unspecified atom stereocenters. The largest absolute Gasteiger partial charge is 0.394 e. The summed E-state index contributed by atoms with van der Waals surface area (Å²) in [7, 11) is 3.10. The Balaban J connectivity index is 2.06. The Morgan fingerprint density at radius 1 is 1.31 bits per heavy atom. The fourth-order valence-electron chi connectivity index (χ4n) is 4.09. The van der Waals surface area contributed by atoms with Gasteiger partial charge < -0.3 is 10.4 Å². The SMILES string of the molecule is CCC(CO)NC(=O)C(C)(C)SC1=Nc2c(c(=O)n(C)c(=O)n2C)CCC1Cc1cccc(Br)c1. The Hall–Kier alpha value is -2.17. The van der Waals surface area contributed by atoms with Crippen LogP contribution in [-0.4, -0.2) is 42.6 Å². The second-order valence-corrected chi connectivity index (χ2v) is 12.0. The van der Waals surface area contributed by atoms with Gasteiger partial charge in [0.15, 0.2) is 0 Å². The summed E-state index contributed by atoms with van der Waals surface area (Å²) in [6.07, 6.45) is 2.44. The zero-order valence-corrected chi connectivity index (χ0v) is 23.2. The predicted octanol–water partition coefficient (Wildman–Crippen LogP) is 3.08. The van der Waals surface area contributed by atoms with Gasteiger partial charge in [-0.25, -0.2) is 9.79 Å². The molecule has 1 aliphatic rings. The van der Waals surface area contributed by atoms with E-state index in [-0.39, 0.29) is 30.0 Å². The van der Waals surface area contributed by atoms with Crippen LogP contribution in [0.15, 0.2) is 43.3 Å². The maximum Gasteiger partial charge on any atom is 0.332 e. The molecule has 2 atom stereocenters. The zero-order valence-electron chi connectivity index (χ0n) is 20.8. The van der Waals surface area contributed by atoms with E-state index in [0.29, 0.717) is 42.1 Å². The molecule has 1 aliphatic heterocycles. The fraction of sp³-hybridized carbons (Fsp3) is 0.520. The van der Waals surface area contributed by atoms with Gasteiger partial charge in [0, 0.05) is 24.5 Å². The number of halogens is 1. The number of nitrogens with zero attached hydrogens (tertiary/aromatic N) is 3. The maximum atomic E-state index is 13.1. The van der Waals surface area contributed by atoms with Crippen molar-refractivity contribution in [3.05, 3.63) is 60.7 Å². The quantitative estimate of drug-likeness (QED) is 0.537. The summed E-state index contributed by atoms with van der Waals surface area (Å²) in [5.74, 6) is 0.110. The van der Waals surface area contributed by atoms with Crippen molar-refractivity contribution in [2.45, 2.75) is 57.2 Å². The highest BCUT2D eigenvalue weighted by Crippen LogP contribution is 2.36. The highest BCUT2D eigenvalue weighted by atomic mass is 79.9. The molecule has 35 heavy (non-hydrogen) atoms. The Morgan fingerprint density at radius 3 is 2.66 bits per heavy atom. The van der Waals surface area contributed by atoms with Crippen molar-refractivity contribution in [2.75, 3.05) is 6.61 Å². The van der Waals surface area contributed by atoms with Gasteiger partial charge in [0.25, 0.3) is 5.56 Å². The first-order valence-electron chi connectivity index (χ1n) is 11.7. The van der Waals surface area contributed by atoms with Gasteiger partial charge in [-0.05, 0) is 57.2 Å². The summed E-state index contributed by atoms with van der Waals surface area (Å²) in [5, 5.41) is 13.2. The van der Waals surface area contributed by atoms with E-state index >= 15 is 0 Å². The van der Waals surface area contributed by atoms with E-state index in [9.17, 15) is 19.5 Å². The number of carbonyl (C=O) groups excluding carboxylic acids is 1. The van der Waals surface area contributed by atoms with Crippen molar-refractivity contribution in [3.63, 3.8) is 0 Å². The molecule has 0 radical (unpaired) electrons. The lowest BCUT2D eigenvalue weighted by Crippen LogP contribution is -2.47. The van der Waals surface area contributed by atoms with E-state index < -0.39 is 10.4 Å². The molecule has 10 heteroatoms. The van der Waals surface area contributed by atoms with E-state index in [1.165, 1.54) is 23.4 Å². The lowest BCUT2D eigenvalue weighted by atomic mass is 9.95. The van der Waals surface area contributed by atoms with Crippen LogP contribution in [-0.2, 0) is 31.7 Å². The van der Waals surface area contributed by atoms with Crippen molar-refractivity contribution < 1.29 is 9.90 Å². The molecule has 0 fully saturated rings. The van der Waals surface area contributed by atoms with Crippen LogP contribution >= 0.6 is 27.7 Å². The van der Waals surface area contributed by atoms with Crippen LogP contribution < -0.4 is 16.6 Å². The van der Waals surface area contributed by atoms with Crippen LogP contribution in [0.3, 0.4) is 0 Å². The number of carbonyl (C=O) groups is 1. The van der Waals surface area contributed by atoms with E-state index in [1.807, 2.05) is 39.0 Å². The first-order valence-corrected chi connectivity index (χ1v) is 13.3. The second-order valence-electron chi connectivity index (χ2n) is 9.40. The number of aliphatic hydroxyl groups excluding tert-OH is 1. The van der Waals surface area contributed by atoms with Crippen molar-refractivity contribution >= 4 is 44.5 Å². The average Bonchev–Trinajstić information content (AvgIpc) is 2.99. The molecule has 8 nitrogen and oxygen atoms in total. The van der Waals surface area contributed by atoms with Crippen molar-refractivity contribution in [1.29, 1.82) is 0 Å². The van der Waals surface area contributed by atoms with E-state index in [0.717, 1.165) is 14.6 Å². The summed E-state index contributed by atoms with van der Waals surface area (Å²) in [6.45, 7) is 5.42. The molecule has 1 aromatic heterocycles. The molecule has 0 saturated carbocycles. The summed E-state index contributed by atoms with van der Waals surface area (Å²) in [5.41, 5.74) is 0.861. The number of rotatable bonds is 7. The third-order valence-corrected chi connectivity index (χ3v) is 8.18. The zero-order chi connectivity index (χ0) is 25.9. The monoisotopic (exact) mass is 564 g/mol. The molecule has 2 aromatic rings. The summed E-state index contributed by atoms with van der Waals surface area (Å²) >= 11 is 4.88. The maximum absolute atomic E-state index is 13.1. The molecular weight excluding hydrogens is 532 g/mol. The van der Waals surface area contributed by atoms with Crippen LogP contribution in [0, 0.1) is 5.92 Å². The molecule has 0 bridgehead atoms. The highest BCUT2D eigenvalue weighted by Gasteiger charge is 2.35. The standard InChI is InChI=1S/C25H33BrN4O4S/c1-6-18(14-31)27-23(33)25(2,3)35-21-16(12-15-8-7-9-17(26)13-15)10-11-19-20(28-21)29(4)24(34)30(5)22(19)32/h7-9,13,16,18,31H,6,10-12,14H2,1-5H3,(H,27,33). The van der Waals surface area contributed by atoms with Crippen LogP contribution in [0.1, 0.15) is 44.7 Å². The average molecular weight is 566 g/mol. The van der Waals surface area contributed by atoms with Gasteiger partial charge in [-0.1, -0.05) is 46.7 Å². The highest BCUT2D eigenvalue weighted by molar-refractivity contribution is 9.10. The topological polar surface area (TPSA) is 106 Å². The van der Waals surface area contributed by atoms with Crippen molar-refractivity contribution in [2.24, 2.45) is 25.0 Å². The summed E-state index contributed by atoms with van der Waals surface area (Å²) in [6, 6.07) is 7.73. The van der Waals surface area contributed by atoms with Gasteiger partial charge in [0.2, 0.25) is 5.91 Å². The fourth-order valence-corrected chi connectivity index (χ4v) is 5.71. The number of fused-ring (bicyclic) bond motifs is 1. The lowest BCUT2D eigenvalue weighted by molar-refractivity contribution is -0.123. The number of aliphatic hydroxyl groups is 1. The van der Waals surface area contributed by atoms with Crippen molar-refractivity contribution in [1.82, 2.24) is 14.5 Å². The van der Waals surface area contributed by atoms with E-state index in [2.05, 4.69) is 27.3 Å². The molecule has 0 saturated heterocycles. The number of thioether (sulfide) groups is 1. The lowest BCUT2D eigenvalue weighted by Gasteiger charge is -2.28. The number of amides is 1. The minimum Gasteiger partial charge on any atom is -0.394 e. The van der Waals surface area contributed by atoms with Gasteiger partial charge in [-0.3, -0.25) is 18.7 Å². The van der Waals surface area contributed by atoms with Gasteiger partial charge in [0.1, 0.15) is 5.82 Å². The molecule has 1 aromatic carbocycles. The van der Waals surface area contributed by atoms with Gasteiger partial charge in [-0.2, -0.15) is 0 Å². The molecule has 190 valence electrons. The second kappa shape index (κ2) is 11.3. The Kier molecular flexibility index (Phi) is 8.82. The minimum atomic E-state index is -0.889. The normalized spacial score (nSPS) is 16.8. The van der Waals surface area contributed by atoms with Crippen LogP contribution in [0.25, 0.3) is 0 Å². The Morgan fingerprint density at radius 2 is 2.03 bits per heavy atom. The molecular formula is C25H33BrN4O4S. The number of hydrogen-bond acceptors (Lipinski definition) is 6. The summed E-state index contributed by atoms with van der Waals surface area (Å²) < 4.78 is 2.61. The van der Waals surface area contributed by atoms with Gasteiger partial charge >= 0.3 is 5.69 Å². The molecule has 1 amide bonds. The molecule has 0 aliphatic carbocycles. The number of benzene rings is 1. The third-order valence-electron chi connectivity index (χ3n) is 6.36. The first-order chi connectivity index (χ1) is 16.5. The van der Waals surface area contributed by atoms with Crippen LogP contribution in [0.2, 0.25) is 0 Å². The molecule has 2 N–H and O–H groups in total. The number of aliphatic imine (C=N–C) groups is 1. The number of aromatic nitrogens is 2. The van der Waals surface area contributed by atoms with E-state index in [4.69, 9.17) is 4.99 Å². The smallest absolute Gasteiger partial charge is 0.332 e. The van der Waals surface area contributed by atoms with Gasteiger partial charge in [0.05, 0.1) is 28.0 Å². The summed E-state index contributed by atoms with van der Waals surface area (Å²) in [4.78, 5) is 43.5. The number of nitrogens with one attached hydrogen (secondary N) is 1. The Bertz CT molecular complexity index is 1250. The molecule has 2 heterocycles. The van der Waals surface area contributed by atoms with Gasteiger partial charge in [-0.15, -0.1) is 0 Å². The molecule has 3 rings (SSSR count). The Labute approximate surface area is 218 Å². The number of hydrogen-bond donors (Lipinski definition) is 2. The van der Waals surface area contributed by atoms with E-state index in [1.54, 1.807) is 7.05 Å². The first kappa shape index (κ1) is 27.4. The predicted molar refractivity (Wildman–Crippen MR) is 145 cm³/mol. The van der Waals surface area contributed by atoms with Crippen LogP contribution in [0.5, 0.6) is 0 Å².